The van der Waals surface area contributed by atoms with Crippen LogP contribution in [0.2, 0.25) is 0 Å². The van der Waals surface area contributed by atoms with Gasteiger partial charge in [-0.05, 0) is 36.8 Å². The van der Waals surface area contributed by atoms with E-state index < -0.39 is 0 Å². The van der Waals surface area contributed by atoms with Crippen LogP contribution in [0, 0.1) is 6.92 Å². The third-order valence-corrected chi connectivity index (χ3v) is 2.86. The number of hydrogen-bond acceptors (Lipinski definition) is 4. The number of carbonyl (C=O) groups excluding carboxylic acids is 1. The number of phenolic OH excluding ortho intramolecular Hbond substituents is 1. The number of anilines is 2. The van der Waals surface area contributed by atoms with Crippen molar-refractivity contribution in [3.63, 3.8) is 0 Å². The largest absolute Gasteiger partial charge is 0.507 e. The molecule has 0 radical (unpaired) electrons. The third kappa shape index (κ3) is 3.06. The smallest absolute Gasteiger partial charge is 0.259 e. The van der Waals surface area contributed by atoms with Gasteiger partial charge in [-0.25, -0.2) is 4.98 Å². The Morgan fingerprint density at radius 3 is 2.55 bits per heavy atom. The van der Waals surface area contributed by atoms with Crippen molar-refractivity contribution in [3.8, 4) is 5.75 Å². The Bertz CT molecular complexity index is 622. The molecule has 5 nitrogen and oxygen atoms in total. The highest BCUT2D eigenvalue weighted by atomic mass is 16.3. The van der Waals surface area contributed by atoms with Gasteiger partial charge in [0.25, 0.3) is 5.91 Å². The Labute approximate surface area is 117 Å². The van der Waals surface area contributed by atoms with Crippen LogP contribution in [0.3, 0.4) is 0 Å². The normalized spacial score (nSPS) is 10.2. The van der Waals surface area contributed by atoms with E-state index in [4.69, 9.17) is 0 Å². The van der Waals surface area contributed by atoms with Crippen LogP contribution in [0.5, 0.6) is 5.75 Å². The van der Waals surface area contributed by atoms with E-state index in [0.717, 1.165) is 11.4 Å². The maximum atomic E-state index is 12.1. The Hall–Kier alpha value is -2.56. The first-order valence-electron chi connectivity index (χ1n) is 6.21. The number of aromatic hydroxyl groups is 1. The van der Waals surface area contributed by atoms with Crippen molar-refractivity contribution in [2.75, 3.05) is 24.3 Å². The van der Waals surface area contributed by atoms with Gasteiger partial charge in [0.1, 0.15) is 11.6 Å². The molecule has 0 unspecified atom stereocenters. The number of pyridine rings is 1. The molecular formula is C15H17N3O2. The maximum absolute atomic E-state index is 12.1. The van der Waals surface area contributed by atoms with E-state index in [2.05, 4.69) is 10.3 Å². The molecule has 104 valence electrons. The number of aryl methyl sites for hydroxylation is 1. The van der Waals surface area contributed by atoms with Gasteiger partial charge in [0.2, 0.25) is 0 Å². The molecule has 1 aromatic heterocycles. The number of carbonyl (C=O) groups is 1. The van der Waals surface area contributed by atoms with Gasteiger partial charge in [0.05, 0.1) is 17.4 Å². The summed E-state index contributed by atoms with van der Waals surface area (Å²) in [6.45, 7) is 1.85. The molecule has 1 heterocycles. The standard InChI is InChI=1S/C15H17N3O2/c1-10-4-6-12(13(19)8-10)15(20)17-11-5-7-14(16-9-11)18(2)3/h4-9,19H,1-3H3,(H,17,20). The van der Waals surface area contributed by atoms with Gasteiger partial charge < -0.3 is 15.3 Å². The van der Waals surface area contributed by atoms with Crippen LogP contribution in [-0.2, 0) is 0 Å². The van der Waals surface area contributed by atoms with E-state index in [9.17, 15) is 9.90 Å². The molecule has 0 bridgehead atoms. The fraction of sp³-hybridized carbons (Fsp3) is 0.200. The number of aromatic nitrogens is 1. The summed E-state index contributed by atoms with van der Waals surface area (Å²) in [5.74, 6) is 0.420. The molecule has 20 heavy (non-hydrogen) atoms. The van der Waals surface area contributed by atoms with Gasteiger partial charge in [-0.3, -0.25) is 4.79 Å². The minimum atomic E-state index is -0.359. The van der Waals surface area contributed by atoms with Gasteiger partial charge in [-0.2, -0.15) is 0 Å². The first kappa shape index (κ1) is 13.9. The highest BCUT2D eigenvalue weighted by molar-refractivity contribution is 6.06. The lowest BCUT2D eigenvalue weighted by Crippen LogP contribution is -2.14. The molecule has 0 fully saturated rings. The van der Waals surface area contributed by atoms with Gasteiger partial charge >= 0.3 is 0 Å². The van der Waals surface area contributed by atoms with E-state index >= 15 is 0 Å². The van der Waals surface area contributed by atoms with Crippen molar-refractivity contribution in [2.45, 2.75) is 6.92 Å². The van der Waals surface area contributed by atoms with Crippen molar-refractivity contribution in [3.05, 3.63) is 47.7 Å². The molecule has 0 aliphatic rings. The zero-order chi connectivity index (χ0) is 14.7. The van der Waals surface area contributed by atoms with Crippen LogP contribution in [0.4, 0.5) is 11.5 Å². The molecule has 2 aromatic rings. The molecule has 0 atom stereocenters. The van der Waals surface area contributed by atoms with Crippen LogP contribution in [0.1, 0.15) is 15.9 Å². The fourth-order valence-corrected chi connectivity index (χ4v) is 1.76. The number of nitrogens with zero attached hydrogens (tertiary/aromatic N) is 2. The molecule has 0 saturated carbocycles. The predicted molar refractivity (Wildman–Crippen MR) is 79.4 cm³/mol. The minimum Gasteiger partial charge on any atom is -0.507 e. The average Bonchev–Trinajstić information content (AvgIpc) is 2.39. The molecule has 2 N–H and O–H groups in total. The highest BCUT2D eigenvalue weighted by Gasteiger charge is 2.11. The van der Waals surface area contributed by atoms with Crippen molar-refractivity contribution in [1.82, 2.24) is 4.98 Å². The summed E-state index contributed by atoms with van der Waals surface area (Å²) in [5, 5.41) is 12.5. The lowest BCUT2D eigenvalue weighted by molar-refractivity contribution is 0.102. The highest BCUT2D eigenvalue weighted by Crippen LogP contribution is 2.20. The molecule has 1 aromatic carbocycles. The third-order valence-electron chi connectivity index (χ3n) is 2.86. The number of benzene rings is 1. The van der Waals surface area contributed by atoms with Gasteiger partial charge in [0, 0.05) is 14.1 Å². The Morgan fingerprint density at radius 2 is 2.00 bits per heavy atom. The number of hydrogen-bond donors (Lipinski definition) is 2. The predicted octanol–water partition coefficient (Wildman–Crippen LogP) is 2.41. The summed E-state index contributed by atoms with van der Waals surface area (Å²) in [6.07, 6.45) is 1.58. The molecule has 2 rings (SSSR count). The number of rotatable bonds is 3. The Balaban J connectivity index is 2.15. The van der Waals surface area contributed by atoms with E-state index in [0.29, 0.717) is 5.69 Å². The zero-order valence-electron chi connectivity index (χ0n) is 11.7. The van der Waals surface area contributed by atoms with Crippen LogP contribution >= 0.6 is 0 Å². The second-order valence-electron chi connectivity index (χ2n) is 4.77. The molecule has 1 amide bonds. The molecular weight excluding hydrogens is 254 g/mol. The fourth-order valence-electron chi connectivity index (χ4n) is 1.76. The monoisotopic (exact) mass is 271 g/mol. The van der Waals surface area contributed by atoms with Gasteiger partial charge in [-0.1, -0.05) is 6.07 Å². The van der Waals surface area contributed by atoms with E-state index in [-0.39, 0.29) is 17.2 Å². The summed E-state index contributed by atoms with van der Waals surface area (Å²) >= 11 is 0. The van der Waals surface area contributed by atoms with E-state index in [1.807, 2.05) is 32.0 Å². The second kappa shape index (κ2) is 5.61. The summed E-state index contributed by atoms with van der Waals surface area (Å²) < 4.78 is 0. The van der Waals surface area contributed by atoms with Gasteiger partial charge in [0.15, 0.2) is 0 Å². The van der Waals surface area contributed by atoms with Crippen LogP contribution in [0.15, 0.2) is 36.5 Å². The number of amides is 1. The summed E-state index contributed by atoms with van der Waals surface area (Å²) in [4.78, 5) is 18.1. The summed E-state index contributed by atoms with van der Waals surface area (Å²) in [7, 11) is 3.79. The number of nitrogens with one attached hydrogen (secondary N) is 1. The minimum absolute atomic E-state index is 0.0274. The van der Waals surface area contributed by atoms with Crippen LogP contribution in [0.25, 0.3) is 0 Å². The quantitative estimate of drug-likeness (QED) is 0.899. The van der Waals surface area contributed by atoms with E-state index in [1.54, 1.807) is 30.5 Å². The van der Waals surface area contributed by atoms with Crippen molar-refractivity contribution < 1.29 is 9.90 Å². The second-order valence-corrected chi connectivity index (χ2v) is 4.77. The molecule has 0 aliphatic carbocycles. The van der Waals surface area contributed by atoms with Crippen LogP contribution in [-0.4, -0.2) is 30.1 Å². The Morgan fingerprint density at radius 1 is 1.25 bits per heavy atom. The van der Waals surface area contributed by atoms with Crippen molar-refractivity contribution in [2.24, 2.45) is 0 Å². The lowest BCUT2D eigenvalue weighted by atomic mass is 10.1. The summed E-state index contributed by atoms with van der Waals surface area (Å²) in [6, 6.07) is 8.52. The molecule has 0 spiro atoms. The van der Waals surface area contributed by atoms with Crippen molar-refractivity contribution in [1.29, 1.82) is 0 Å². The van der Waals surface area contributed by atoms with E-state index in [1.165, 1.54) is 0 Å². The average molecular weight is 271 g/mol. The van der Waals surface area contributed by atoms with Gasteiger partial charge in [-0.15, -0.1) is 0 Å². The van der Waals surface area contributed by atoms with Crippen molar-refractivity contribution >= 4 is 17.4 Å². The zero-order valence-corrected chi connectivity index (χ0v) is 11.7. The maximum Gasteiger partial charge on any atom is 0.259 e. The first-order valence-corrected chi connectivity index (χ1v) is 6.21. The lowest BCUT2D eigenvalue weighted by Gasteiger charge is -2.12. The molecule has 5 heteroatoms. The molecule has 0 aliphatic heterocycles. The number of phenols is 1. The Kier molecular flexibility index (Phi) is 3.89. The molecule has 0 saturated heterocycles. The van der Waals surface area contributed by atoms with Crippen LogP contribution < -0.4 is 10.2 Å². The topological polar surface area (TPSA) is 65.5 Å². The summed E-state index contributed by atoms with van der Waals surface area (Å²) in [5.41, 5.74) is 1.73. The SMILES string of the molecule is Cc1ccc(C(=O)Nc2ccc(N(C)C)nc2)c(O)c1. The first-order chi connectivity index (χ1) is 9.47.